The van der Waals surface area contributed by atoms with Gasteiger partial charge < -0.3 is 20.3 Å². The number of rotatable bonds is 10. The zero-order chi connectivity index (χ0) is 19.3. The lowest BCUT2D eigenvalue weighted by molar-refractivity contribution is 0.0277. The normalized spacial score (nSPS) is 15.9. The molecule has 5 heteroatoms. The molecule has 0 bridgehead atoms. The number of guanidine groups is 1. The molecule has 152 valence electrons. The molecule has 1 aliphatic carbocycles. The van der Waals surface area contributed by atoms with Gasteiger partial charge in [-0.15, -0.1) is 0 Å². The van der Waals surface area contributed by atoms with Gasteiger partial charge in [-0.1, -0.05) is 50.5 Å². The maximum absolute atomic E-state index is 5.98. The molecule has 1 saturated carbocycles. The molecule has 2 rings (SSSR count). The van der Waals surface area contributed by atoms with Gasteiger partial charge in [0.1, 0.15) is 0 Å². The highest BCUT2D eigenvalue weighted by Gasteiger charge is 2.12. The fraction of sp³-hybridized carbons (Fsp3) is 0.682. The van der Waals surface area contributed by atoms with E-state index in [-0.39, 0.29) is 0 Å². The summed E-state index contributed by atoms with van der Waals surface area (Å²) in [5.74, 6) is 0.851. The van der Waals surface area contributed by atoms with E-state index in [2.05, 4.69) is 58.8 Å². The number of aliphatic imine (C=N–C) groups is 1. The van der Waals surface area contributed by atoms with Crippen LogP contribution in [0.1, 0.15) is 56.6 Å². The van der Waals surface area contributed by atoms with Gasteiger partial charge in [-0.25, -0.2) is 0 Å². The third-order valence-corrected chi connectivity index (χ3v) is 5.19. The summed E-state index contributed by atoms with van der Waals surface area (Å²) >= 11 is 0. The lowest BCUT2D eigenvalue weighted by atomic mass is 9.98. The fourth-order valence-electron chi connectivity index (χ4n) is 3.43. The molecule has 0 saturated heterocycles. The van der Waals surface area contributed by atoms with Crippen molar-refractivity contribution in [2.75, 3.05) is 33.8 Å². The predicted octanol–water partition coefficient (Wildman–Crippen LogP) is 3.54. The Hall–Kier alpha value is -1.59. The molecule has 0 radical (unpaired) electrons. The van der Waals surface area contributed by atoms with E-state index in [1.807, 2.05) is 7.05 Å². The second-order valence-corrected chi connectivity index (χ2v) is 7.49. The van der Waals surface area contributed by atoms with Crippen molar-refractivity contribution in [3.8, 4) is 0 Å². The van der Waals surface area contributed by atoms with Crippen molar-refractivity contribution < 1.29 is 4.74 Å². The standard InChI is InChI=1S/C22H38N4O/c1-4-26(3)18-20-11-8-10-19(16-20)17-25-22(23-2)24-14-9-15-27-21-12-6-5-7-13-21/h8,10-11,16,21H,4-7,9,12-15,17-18H2,1-3H3,(H2,23,24,25). The molecule has 0 aliphatic heterocycles. The van der Waals surface area contributed by atoms with Crippen LogP contribution in [0.4, 0.5) is 0 Å². The largest absolute Gasteiger partial charge is 0.378 e. The van der Waals surface area contributed by atoms with Crippen molar-refractivity contribution in [3.05, 3.63) is 35.4 Å². The highest BCUT2D eigenvalue weighted by molar-refractivity contribution is 5.79. The summed E-state index contributed by atoms with van der Waals surface area (Å²) in [6.07, 6.45) is 8.02. The first-order valence-electron chi connectivity index (χ1n) is 10.5. The van der Waals surface area contributed by atoms with Crippen LogP contribution in [0.5, 0.6) is 0 Å². The van der Waals surface area contributed by atoms with Gasteiger partial charge in [0.2, 0.25) is 0 Å². The van der Waals surface area contributed by atoms with E-state index in [1.54, 1.807) is 0 Å². The SMILES string of the molecule is CCN(C)Cc1cccc(CNC(=NC)NCCCOC2CCCCC2)c1. The van der Waals surface area contributed by atoms with Crippen LogP contribution >= 0.6 is 0 Å². The smallest absolute Gasteiger partial charge is 0.191 e. The molecule has 5 nitrogen and oxygen atoms in total. The van der Waals surface area contributed by atoms with E-state index in [0.717, 1.165) is 45.2 Å². The molecule has 0 amide bonds. The average Bonchev–Trinajstić information content (AvgIpc) is 2.71. The summed E-state index contributed by atoms with van der Waals surface area (Å²) in [6, 6.07) is 8.75. The summed E-state index contributed by atoms with van der Waals surface area (Å²) in [4.78, 5) is 6.63. The van der Waals surface area contributed by atoms with Gasteiger partial charge in [0, 0.05) is 33.3 Å². The Morgan fingerprint density at radius 2 is 1.96 bits per heavy atom. The molecule has 1 aromatic rings. The average molecular weight is 375 g/mol. The van der Waals surface area contributed by atoms with Gasteiger partial charge >= 0.3 is 0 Å². The van der Waals surface area contributed by atoms with Crippen LogP contribution in [-0.2, 0) is 17.8 Å². The van der Waals surface area contributed by atoms with Crippen molar-refractivity contribution in [2.24, 2.45) is 4.99 Å². The Labute approximate surface area is 165 Å². The minimum Gasteiger partial charge on any atom is -0.378 e. The number of hydrogen-bond donors (Lipinski definition) is 2. The minimum atomic E-state index is 0.496. The second-order valence-electron chi connectivity index (χ2n) is 7.49. The molecule has 0 aromatic heterocycles. The van der Waals surface area contributed by atoms with Gasteiger partial charge in [0.25, 0.3) is 0 Å². The fourth-order valence-corrected chi connectivity index (χ4v) is 3.43. The first-order valence-corrected chi connectivity index (χ1v) is 10.5. The summed E-state index contributed by atoms with van der Waals surface area (Å²) in [5, 5.41) is 6.79. The summed E-state index contributed by atoms with van der Waals surface area (Å²) in [6.45, 7) is 6.72. The van der Waals surface area contributed by atoms with E-state index in [9.17, 15) is 0 Å². The highest BCUT2D eigenvalue weighted by Crippen LogP contribution is 2.20. The molecule has 1 aliphatic rings. The summed E-state index contributed by atoms with van der Waals surface area (Å²) in [7, 11) is 3.97. The van der Waals surface area contributed by atoms with Crippen molar-refractivity contribution in [3.63, 3.8) is 0 Å². The van der Waals surface area contributed by atoms with E-state index >= 15 is 0 Å². The van der Waals surface area contributed by atoms with Crippen LogP contribution in [0, 0.1) is 0 Å². The number of ether oxygens (including phenoxy) is 1. The molecular formula is C22H38N4O. The Morgan fingerprint density at radius 3 is 2.70 bits per heavy atom. The van der Waals surface area contributed by atoms with Crippen LogP contribution in [0.3, 0.4) is 0 Å². The number of hydrogen-bond acceptors (Lipinski definition) is 3. The third-order valence-electron chi connectivity index (χ3n) is 5.19. The van der Waals surface area contributed by atoms with Gasteiger partial charge in [-0.05, 0) is 44.0 Å². The molecule has 0 unspecified atom stereocenters. The maximum Gasteiger partial charge on any atom is 0.191 e. The molecule has 27 heavy (non-hydrogen) atoms. The quantitative estimate of drug-likeness (QED) is 0.374. The van der Waals surface area contributed by atoms with Crippen molar-refractivity contribution in [2.45, 2.75) is 64.6 Å². The number of nitrogens with one attached hydrogen (secondary N) is 2. The topological polar surface area (TPSA) is 48.9 Å². The Kier molecular flexibility index (Phi) is 10.2. The zero-order valence-corrected chi connectivity index (χ0v) is 17.5. The van der Waals surface area contributed by atoms with Gasteiger partial charge in [0.15, 0.2) is 5.96 Å². The Bertz CT molecular complexity index is 555. The Morgan fingerprint density at radius 1 is 1.19 bits per heavy atom. The van der Waals surface area contributed by atoms with E-state index in [0.29, 0.717) is 6.10 Å². The van der Waals surface area contributed by atoms with E-state index in [4.69, 9.17) is 4.74 Å². The van der Waals surface area contributed by atoms with Crippen molar-refractivity contribution >= 4 is 5.96 Å². The molecule has 0 spiro atoms. The van der Waals surface area contributed by atoms with E-state index in [1.165, 1.54) is 43.2 Å². The lowest BCUT2D eigenvalue weighted by Gasteiger charge is -2.22. The van der Waals surface area contributed by atoms with Crippen molar-refractivity contribution in [1.29, 1.82) is 0 Å². The maximum atomic E-state index is 5.98. The number of nitrogens with zero attached hydrogens (tertiary/aromatic N) is 2. The van der Waals surface area contributed by atoms with E-state index < -0.39 is 0 Å². The van der Waals surface area contributed by atoms with Crippen molar-refractivity contribution in [1.82, 2.24) is 15.5 Å². The zero-order valence-electron chi connectivity index (χ0n) is 17.5. The first kappa shape index (κ1) is 21.7. The molecule has 2 N–H and O–H groups in total. The summed E-state index contributed by atoms with van der Waals surface area (Å²) in [5.41, 5.74) is 2.63. The molecule has 1 fully saturated rings. The first-order chi connectivity index (χ1) is 13.2. The van der Waals surface area contributed by atoms with Crippen LogP contribution in [0.25, 0.3) is 0 Å². The van der Waals surface area contributed by atoms with Crippen LogP contribution in [0.2, 0.25) is 0 Å². The molecule has 1 aromatic carbocycles. The highest BCUT2D eigenvalue weighted by atomic mass is 16.5. The van der Waals surface area contributed by atoms with Gasteiger partial charge in [-0.3, -0.25) is 4.99 Å². The molecule has 0 atom stereocenters. The second kappa shape index (κ2) is 12.7. The van der Waals surface area contributed by atoms with Crippen LogP contribution in [0.15, 0.2) is 29.3 Å². The Balaban J connectivity index is 1.64. The van der Waals surface area contributed by atoms with Gasteiger partial charge in [-0.2, -0.15) is 0 Å². The van der Waals surface area contributed by atoms with Crippen LogP contribution < -0.4 is 10.6 Å². The molecule has 0 heterocycles. The molecular weight excluding hydrogens is 336 g/mol. The van der Waals surface area contributed by atoms with Crippen LogP contribution in [-0.4, -0.2) is 50.8 Å². The van der Waals surface area contributed by atoms with Gasteiger partial charge in [0.05, 0.1) is 6.10 Å². The third kappa shape index (κ3) is 8.76. The predicted molar refractivity (Wildman–Crippen MR) is 114 cm³/mol. The monoisotopic (exact) mass is 374 g/mol. The number of benzene rings is 1. The summed E-state index contributed by atoms with van der Waals surface area (Å²) < 4.78 is 5.98. The lowest BCUT2D eigenvalue weighted by Crippen LogP contribution is -2.37. The minimum absolute atomic E-state index is 0.496.